The molecule has 0 aliphatic carbocycles. The molecule has 0 aromatic rings. The van der Waals surface area contributed by atoms with Crippen LogP contribution in [0.25, 0.3) is 0 Å². The third kappa shape index (κ3) is 14.5. The van der Waals surface area contributed by atoms with Crippen molar-refractivity contribution >= 4 is 5.97 Å². The van der Waals surface area contributed by atoms with E-state index in [0.717, 1.165) is 12.8 Å². The van der Waals surface area contributed by atoms with E-state index in [0.29, 0.717) is 0 Å². The number of rotatable bonds is 12. The van der Waals surface area contributed by atoms with Crippen LogP contribution in [-0.2, 0) is 4.79 Å². The van der Waals surface area contributed by atoms with Crippen LogP contribution < -0.4 is 34.7 Å². The molecule has 0 aromatic carbocycles. The van der Waals surface area contributed by atoms with Crippen LogP contribution in [0.15, 0.2) is 0 Å². The van der Waals surface area contributed by atoms with Crippen molar-refractivity contribution in [2.24, 2.45) is 5.92 Å². The predicted octanol–water partition coefficient (Wildman–Crippen LogP) is 0.687. The first-order valence-electron chi connectivity index (χ1n) is 7.39. The van der Waals surface area contributed by atoms with Crippen LogP contribution in [0.1, 0.15) is 84.5 Å². The van der Waals surface area contributed by atoms with E-state index in [9.17, 15) is 9.90 Å². The van der Waals surface area contributed by atoms with Crippen molar-refractivity contribution in [3.63, 3.8) is 0 Å². The molecule has 0 spiro atoms. The zero-order valence-corrected chi connectivity index (χ0v) is 14.7. The third-order valence-corrected chi connectivity index (χ3v) is 3.39. The molecule has 0 heterocycles. The molecule has 1 unspecified atom stereocenters. The SMILES string of the molecule is CCCCCCCCCCCCC(C)C(=O)[O-].[Na+]. The fraction of sp³-hybridized carbons (Fsp3) is 0.933. The van der Waals surface area contributed by atoms with Gasteiger partial charge in [0.25, 0.3) is 0 Å². The summed E-state index contributed by atoms with van der Waals surface area (Å²) in [6.45, 7) is 3.98. The van der Waals surface area contributed by atoms with E-state index in [1.807, 2.05) is 0 Å². The van der Waals surface area contributed by atoms with Gasteiger partial charge in [-0.15, -0.1) is 0 Å². The van der Waals surface area contributed by atoms with E-state index in [2.05, 4.69) is 6.92 Å². The largest absolute Gasteiger partial charge is 1.00 e. The average molecular weight is 264 g/mol. The monoisotopic (exact) mass is 264 g/mol. The van der Waals surface area contributed by atoms with Gasteiger partial charge in [0.15, 0.2) is 0 Å². The van der Waals surface area contributed by atoms with Crippen LogP contribution in [0.4, 0.5) is 0 Å². The van der Waals surface area contributed by atoms with Crippen LogP contribution in [0, 0.1) is 5.92 Å². The van der Waals surface area contributed by atoms with Gasteiger partial charge < -0.3 is 9.90 Å². The number of carboxylic acid groups (broad SMARTS) is 1. The summed E-state index contributed by atoms with van der Waals surface area (Å²) in [5, 5.41) is 10.5. The molecule has 0 aliphatic rings. The van der Waals surface area contributed by atoms with Gasteiger partial charge in [-0.05, 0) is 12.3 Å². The first-order valence-corrected chi connectivity index (χ1v) is 7.39. The van der Waals surface area contributed by atoms with Gasteiger partial charge in [0, 0.05) is 5.97 Å². The van der Waals surface area contributed by atoms with Crippen molar-refractivity contribution in [2.45, 2.75) is 84.5 Å². The molecule has 0 N–H and O–H groups in total. The average Bonchev–Trinajstić information content (AvgIpc) is 2.31. The number of unbranched alkanes of at least 4 members (excludes halogenated alkanes) is 9. The second-order valence-corrected chi connectivity index (χ2v) is 5.19. The Hall–Kier alpha value is 0.470. The Balaban J connectivity index is 0. The zero-order chi connectivity index (χ0) is 12.9. The summed E-state index contributed by atoms with van der Waals surface area (Å²) in [6, 6.07) is 0. The molecule has 0 fully saturated rings. The summed E-state index contributed by atoms with van der Waals surface area (Å²) in [4.78, 5) is 10.5. The molecule has 2 nitrogen and oxygen atoms in total. The molecule has 0 rings (SSSR count). The topological polar surface area (TPSA) is 40.1 Å². The van der Waals surface area contributed by atoms with E-state index < -0.39 is 5.97 Å². The quantitative estimate of drug-likeness (QED) is 0.384. The first kappa shape index (κ1) is 20.8. The van der Waals surface area contributed by atoms with Crippen LogP contribution in [-0.4, -0.2) is 5.97 Å². The van der Waals surface area contributed by atoms with Crippen molar-refractivity contribution in [1.29, 1.82) is 0 Å². The summed E-state index contributed by atoms with van der Waals surface area (Å²) >= 11 is 0. The molecule has 0 aliphatic heterocycles. The van der Waals surface area contributed by atoms with Gasteiger partial charge in [0.05, 0.1) is 0 Å². The Morgan fingerprint density at radius 1 is 0.889 bits per heavy atom. The number of aliphatic carboxylic acids is 1. The Bertz CT molecular complexity index is 183. The first-order chi connectivity index (χ1) is 8.18. The molecular weight excluding hydrogens is 235 g/mol. The molecular formula is C15H29NaO2. The Labute approximate surface area is 135 Å². The van der Waals surface area contributed by atoms with Crippen LogP contribution in [0.3, 0.4) is 0 Å². The zero-order valence-electron chi connectivity index (χ0n) is 12.7. The second kappa shape index (κ2) is 15.5. The molecule has 0 saturated heterocycles. The van der Waals surface area contributed by atoms with Crippen LogP contribution in [0.5, 0.6) is 0 Å². The van der Waals surface area contributed by atoms with Crippen molar-refractivity contribution in [1.82, 2.24) is 0 Å². The van der Waals surface area contributed by atoms with Crippen molar-refractivity contribution in [3.8, 4) is 0 Å². The summed E-state index contributed by atoms with van der Waals surface area (Å²) in [6.07, 6.45) is 13.7. The minimum atomic E-state index is -0.902. The molecule has 0 amide bonds. The van der Waals surface area contributed by atoms with Crippen LogP contribution >= 0.6 is 0 Å². The van der Waals surface area contributed by atoms with Crippen molar-refractivity contribution in [2.75, 3.05) is 0 Å². The van der Waals surface area contributed by atoms with E-state index in [1.54, 1.807) is 6.92 Å². The summed E-state index contributed by atoms with van der Waals surface area (Å²) < 4.78 is 0. The minimum absolute atomic E-state index is 0. The Morgan fingerprint density at radius 3 is 1.67 bits per heavy atom. The summed E-state index contributed by atoms with van der Waals surface area (Å²) in [7, 11) is 0. The van der Waals surface area contributed by atoms with Gasteiger partial charge in [0.1, 0.15) is 0 Å². The van der Waals surface area contributed by atoms with E-state index in [4.69, 9.17) is 0 Å². The molecule has 1 atom stereocenters. The van der Waals surface area contributed by atoms with Gasteiger partial charge in [0.2, 0.25) is 0 Å². The number of hydrogen-bond acceptors (Lipinski definition) is 2. The predicted molar refractivity (Wildman–Crippen MR) is 70.6 cm³/mol. The van der Waals surface area contributed by atoms with E-state index in [-0.39, 0.29) is 35.5 Å². The fourth-order valence-corrected chi connectivity index (χ4v) is 2.06. The van der Waals surface area contributed by atoms with Crippen LogP contribution in [0.2, 0.25) is 0 Å². The third-order valence-electron chi connectivity index (χ3n) is 3.39. The maximum atomic E-state index is 10.5. The molecule has 3 heteroatoms. The number of carbonyl (C=O) groups excluding carboxylic acids is 1. The van der Waals surface area contributed by atoms with Gasteiger partial charge in [-0.2, -0.15) is 0 Å². The molecule has 18 heavy (non-hydrogen) atoms. The van der Waals surface area contributed by atoms with E-state index >= 15 is 0 Å². The standard InChI is InChI=1S/C15H30O2.Na/c1-3-4-5-6-7-8-9-10-11-12-13-14(2)15(16)17;/h14H,3-13H2,1-2H3,(H,16,17);/q;+1/p-1. The number of hydrogen-bond donors (Lipinski definition) is 0. The summed E-state index contributed by atoms with van der Waals surface area (Å²) in [5.41, 5.74) is 0. The maximum absolute atomic E-state index is 10.5. The van der Waals surface area contributed by atoms with Gasteiger partial charge in [-0.25, -0.2) is 0 Å². The molecule has 0 aromatic heterocycles. The number of carbonyl (C=O) groups is 1. The maximum Gasteiger partial charge on any atom is 1.00 e. The minimum Gasteiger partial charge on any atom is -0.550 e. The Morgan fingerprint density at radius 2 is 1.28 bits per heavy atom. The molecule has 0 radical (unpaired) electrons. The smallest absolute Gasteiger partial charge is 0.550 e. The molecule has 0 saturated carbocycles. The summed E-state index contributed by atoms with van der Waals surface area (Å²) in [5.74, 6) is -1.18. The van der Waals surface area contributed by atoms with Gasteiger partial charge >= 0.3 is 29.6 Å². The number of carboxylic acids is 1. The normalized spacial score (nSPS) is 11.9. The van der Waals surface area contributed by atoms with E-state index in [1.165, 1.54) is 57.8 Å². The van der Waals surface area contributed by atoms with Crippen molar-refractivity contribution < 1.29 is 39.5 Å². The fourth-order valence-electron chi connectivity index (χ4n) is 2.06. The van der Waals surface area contributed by atoms with Crippen molar-refractivity contribution in [3.05, 3.63) is 0 Å². The second-order valence-electron chi connectivity index (χ2n) is 5.19. The van der Waals surface area contributed by atoms with Gasteiger partial charge in [-0.3, -0.25) is 0 Å². The van der Waals surface area contributed by atoms with Gasteiger partial charge in [-0.1, -0.05) is 78.1 Å². The molecule has 0 bridgehead atoms. The molecule has 102 valence electrons. The Kier molecular flexibility index (Phi) is 17.9.